The van der Waals surface area contributed by atoms with Gasteiger partial charge in [-0.15, -0.1) is 0 Å². The van der Waals surface area contributed by atoms with Crippen molar-refractivity contribution in [2.45, 2.75) is 62.7 Å². The predicted molar refractivity (Wildman–Crippen MR) is 104 cm³/mol. The van der Waals surface area contributed by atoms with E-state index in [1.165, 1.54) is 51.4 Å². The van der Waals surface area contributed by atoms with Gasteiger partial charge in [-0.05, 0) is 75.6 Å². The summed E-state index contributed by atoms with van der Waals surface area (Å²) in [5.74, 6) is 0. The van der Waals surface area contributed by atoms with Crippen LogP contribution in [-0.2, 0) is 0 Å². The standard InChI is InChI=1S/C22H28P/c1-3-11-19(12-4-1)23(21-15-7-8-16-21,22-17-9-10-18-22)20-13-5-2-6-14-20/h1-6,11-14,21-22H,7-10,15-18H2/q+1. The van der Waals surface area contributed by atoms with Gasteiger partial charge in [-0.1, -0.05) is 36.4 Å². The molecule has 0 spiro atoms. The molecule has 23 heavy (non-hydrogen) atoms. The second-order valence-corrected chi connectivity index (χ2v) is 11.4. The van der Waals surface area contributed by atoms with Gasteiger partial charge >= 0.3 is 0 Å². The summed E-state index contributed by atoms with van der Waals surface area (Å²) in [6.45, 7) is 0. The summed E-state index contributed by atoms with van der Waals surface area (Å²) in [5.41, 5.74) is 1.85. The Morgan fingerprint density at radius 3 is 1.22 bits per heavy atom. The van der Waals surface area contributed by atoms with Crippen molar-refractivity contribution in [2.24, 2.45) is 0 Å². The number of hydrogen-bond acceptors (Lipinski definition) is 0. The summed E-state index contributed by atoms with van der Waals surface area (Å²) in [6, 6.07) is 23.3. The molecule has 120 valence electrons. The van der Waals surface area contributed by atoms with Gasteiger partial charge in [0.05, 0.1) is 29.2 Å². The third-order valence-corrected chi connectivity index (χ3v) is 11.8. The highest BCUT2D eigenvalue weighted by Crippen LogP contribution is 2.71. The molecule has 2 aromatic carbocycles. The van der Waals surface area contributed by atoms with Crippen molar-refractivity contribution in [1.82, 2.24) is 0 Å². The van der Waals surface area contributed by atoms with Crippen molar-refractivity contribution in [3.05, 3.63) is 60.7 Å². The van der Waals surface area contributed by atoms with Crippen molar-refractivity contribution >= 4 is 17.9 Å². The van der Waals surface area contributed by atoms with Gasteiger partial charge in [0.15, 0.2) is 0 Å². The Bertz CT molecular complexity index is 549. The molecule has 2 aliphatic carbocycles. The zero-order valence-electron chi connectivity index (χ0n) is 14.0. The van der Waals surface area contributed by atoms with E-state index >= 15 is 0 Å². The molecule has 0 amide bonds. The molecule has 0 heterocycles. The molecule has 0 saturated heterocycles. The van der Waals surface area contributed by atoms with Crippen LogP contribution in [-0.4, -0.2) is 11.3 Å². The van der Waals surface area contributed by atoms with Gasteiger partial charge in [-0.25, -0.2) is 0 Å². The third kappa shape index (κ3) is 2.66. The largest absolute Gasteiger partial charge is 0.0997 e. The summed E-state index contributed by atoms with van der Waals surface area (Å²) in [7, 11) is -1.30. The van der Waals surface area contributed by atoms with Crippen LogP contribution in [0.3, 0.4) is 0 Å². The van der Waals surface area contributed by atoms with E-state index in [0.29, 0.717) is 0 Å². The highest BCUT2D eigenvalue weighted by atomic mass is 31.2. The van der Waals surface area contributed by atoms with Gasteiger partial charge in [-0.3, -0.25) is 0 Å². The highest BCUT2D eigenvalue weighted by molar-refractivity contribution is 7.90. The first kappa shape index (κ1) is 15.4. The molecule has 0 radical (unpaired) electrons. The molecule has 0 nitrogen and oxygen atoms in total. The van der Waals surface area contributed by atoms with E-state index < -0.39 is 7.26 Å². The Labute approximate surface area is 141 Å². The highest BCUT2D eigenvalue weighted by Gasteiger charge is 2.56. The topological polar surface area (TPSA) is 0 Å². The predicted octanol–water partition coefficient (Wildman–Crippen LogP) is 5.54. The molecule has 4 rings (SSSR count). The Morgan fingerprint density at radius 2 is 0.870 bits per heavy atom. The van der Waals surface area contributed by atoms with Crippen LogP contribution in [0, 0.1) is 0 Å². The van der Waals surface area contributed by atoms with E-state index in [2.05, 4.69) is 60.7 Å². The molecule has 2 aromatic rings. The first-order valence-corrected chi connectivity index (χ1v) is 11.3. The minimum absolute atomic E-state index is 0.926. The number of benzene rings is 2. The van der Waals surface area contributed by atoms with E-state index in [9.17, 15) is 0 Å². The van der Waals surface area contributed by atoms with E-state index in [-0.39, 0.29) is 0 Å². The lowest BCUT2D eigenvalue weighted by atomic mass is 10.3. The fraction of sp³-hybridized carbons (Fsp3) is 0.455. The Kier molecular flexibility index (Phi) is 4.54. The molecule has 0 unspecified atom stereocenters. The van der Waals surface area contributed by atoms with Gasteiger partial charge in [0, 0.05) is 0 Å². The lowest BCUT2D eigenvalue weighted by molar-refractivity contribution is 0.825. The summed E-state index contributed by atoms with van der Waals surface area (Å²) in [6.07, 6.45) is 11.6. The SMILES string of the molecule is c1ccc([P+](c2ccccc2)(C2CCCC2)C2CCCC2)cc1. The van der Waals surface area contributed by atoms with Crippen LogP contribution in [0.2, 0.25) is 0 Å². The van der Waals surface area contributed by atoms with Crippen molar-refractivity contribution in [3.63, 3.8) is 0 Å². The zero-order chi connectivity index (χ0) is 15.5. The second-order valence-electron chi connectivity index (χ2n) is 7.32. The maximum Gasteiger partial charge on any atom is 0.0997 e. The van der Waals surface area contributed by atoms with Gasteiger partial charge < -0.3 is 0 Å². The zero-order valence-corrected chi connectivity index (χ0v) is 14.9. The van der Waals surface area contributed by atoms with Crippen LogP contribution in [0.4, 0.5) is 0 Å². The summed E-state index contributed by atoms with van der Waals surface area (Å²) in [4.78, 5) is 0. The summed E-state index contributed by atoms with van der Waals surface area (Å²) >= 11 is 0. The smallest absolute Gasteiger partial charge is 0.0620 e. The second kappa shape index (κ2) is 6.78. The van der Waals surface area contributed by atoms with Crippen molar-refractivity contribution < 1.29 is 0 Å². The molecule has 0 aliphatic heterocycles. The molecule has 0 aromatic heterocycles. The molecule has 2 aliphatic rings. The van der Waals surface area contributed by atoms with Gasteiger partial charge in [-0.2, -0.15) is 0 Å². The molecule has 0 atom stereocenters. The van der Waals surface area contributed by atoms with Crippen molar-refractivity contribution in [1.29, 1.82) is 0 Å². The number of rotatable bonds is 4. The Hall–Kier alpha value is -1.13. The quantitative estimate of drug-likeness (QED) is 0.648. The summed E-state index contributed by atoms with van der Waals surface area (Å²) < 4.78 is 0. The normalized spacial score (nSPS) is 20.2. The van der Waals surface area contributed by atoms with E-state index in [4.69, 9.17) is 0 Å². The number of hydrogen-bond donors (Lipinski definition) is 0. The monoisotopic (exact) mass is 323 g/mol. The van der Waals surface area contributed by atoms with Crippen LogP contribution in [0.25, 0.3) is 0 Å². The maximum atomic E-state index is 2.46. The van der Waals surface area contributed by atoms with Crippen molar-refractivity contribution in [3.8, 4) is 0 Å². The average molecular weight is 323 g/mol. The van der Waals surface area contributed by atoms with E-state index in [1.54, 1.807) is 10.6 Å². The van der Waals surface area contributed by atoms with Crippen LogP contribution in [0.5, 0.6) is 0 Å². The average Bonchev–Trinajstić information content (AvgIpc) is 3.32. The van der Waals surface area contributed by atoms with Gasteiger partial charge in [0.1, 0.15) is 0 Å². The minimum atomic E-state index is -1.30. The van der Waals surface area contributed by atoms with Crippen molar-refractivity contribution in [2.75, 3.05) is 0 Å². The van der Waals surface area contributed by atoms with Crippen LogP contribution < -0.4 is 10.6 Å². The molecule has 0 N–H and O–H groups in total. The third-order valence-electron chi connectivity index (χ3n) is 6.17. The van der Waals surface area contributed by atoms with Gasteiger partial charge in [0.25, 0.3) is 0 Å². The molecule has 2 fully saturated rings. The maximum absolute atomic E-state index is 2.46. The first-order chi connectivity index (χ1) is 11.4. The lowest BCUT2D eigenvalue weighted by Crippen LogP contribution is -2.37. The molecular weight excluding hydrogens is 295 g/mol. The fourth-order valence-electron chi connectivity index (χ4n) is 5.26. The first-order valence-electron chi connectivity index (χ1n) is 9.42. The molecule has 2 saturated carbocycles. The van der Waals surface area contributed by atoms with E-state index in [0.717, 1.165) is 11.3 Å². The molecule has 0 bridgehead atoms. The summed E-state index contributed by atoms with van der Waals surface area (Å²) in [5, 5.41) is 3.37. The van der Waals surface area contributed by atoms with Crippen LogP contribution >= 0.6 is 7.26 Å². The van der Waals surface area contributed by atoms with Crippen LogP contribution in [0.1, 0.15) is 51.4 Å². The fourth-order valence-corrected chi connectivity index (χ4v) is 11.5. The van der Waals surface area contributed by atoms with E-state index in [1.807, 2.05) is 0 Å². The Balaban J connectivity index is 1.92. The minimum Gasteiger partial charge on any atom is -0.0620 e. The van der Waals surface area contributed by atoms with Gasteiger partial charge in [0.2, 0.25) is 0 Å². The lowest BCUT2D eigenvalue weighted by Gasteiger charge is -2.37. The Morgan fingerprint density at radius 1 is 0.522 bits per heavy atom. The molecular formula is C22H28P+. The van der Waals surface area contributed by atoms with Crippen LogP contribution in [0.15, 0.2) is 60.7 Å². The molecule has 1 heteroatoms.